The Kier molecular flexibility index (Phi) is 5.88. The Bertz CT molecular complexity index is 1200. The molecule has 1 amide bonds. The highest BCUT2D eigenvalue weighted by Crippen LogP contribution is 2.31. The number of para-hydroxylation sites is 1. The van der Waals surface area contributed by atoms with Crippen LogP contribution in [0.25, 0.3) is 27.1 Å². The van der Waals surface area contributed by atoms with Crippen LogP contribution in [-0.2, 0) is 11.3 Å². The van der Waals surface area contributed by atoms with Crippen LogP contribution in [0.15, 0.2) is 71.2 Å². The Balaban J connectivity index is 1.32. The number of rotatable bonds is 7. The van der Waals surface area contributed by atoms with Gasteiger partial charge in [-0.15, -0.1) is 11.3 Å². The Morgan fingerprint density at radius 2 is 2.00 bits per heavy atom. The van der Waals surface area contributed by atoms with Crippen LogP contribution in [0.1, 0.15) is 11.3 Å². The van der Waals surface area contributed by atoms with Gasteiger partial charge in [-0.1, -0.05) is 24.3 Å². The van der Waals surface area contributed by atoms with Gasteiger partial charge in [0.1, 0.15) is 17.6 Å². The second-order valence-corrected chi connectivity index (χ2v) is 7.35. The minimum atomic E-state index is -0.224. The molecule has 7 heteroatoms. The molecule has 2 aromatic heterocycles. The van der Waals surface area contributed by atoms with Gasteiger partial charge in [0.2, 0.25) is 5.91 Å². The molecular weight excluding hydrogens is 398 g/mol. The number of ether oxygens (including phenoxy) is 1. The van der Waals surface area contributed by atoms with Gasteiger partial charge < -0.3 is 14.5 Å². The van der Waals surface area contributed by atoms with Crippen molar-refractivity contribution in [1.82, 2.24) is 10.3 Å². The van der Waals surface area contributed by atoms with Gasteiger partial charge in [-0.25, -0.2) is 4.98 Å². The van der Waals surface area contributed by atoms with Crippen LogP contribution in [-0.4, -0.2) is 17.5 Å². The lowest BCUT2D eigenvalue weighted by atomic mass is 10.2. The maximum absolute atomic E-state index is 12.1. The van der Waals surface area contributed by atoms with E-state index in [1.54, 1.807) is 29.5 Å². The molecule has 0 saturated heterocycles. The van der Waals surface area contributed by atoms with Gasteiger partial charge in [-0.3, -0.25) is 4.79 Å². The Morgan fingerprint density at radius 1 is 1.17 bits per heavy atom. The quantitative estimate of drug-likeness (QED) is 0.439. The molecule has 6 nitrogen and oxygen atoms in total. The number of aromatic nitrogens is 1. The van der Waals surface area contributed by atoms with Crippen molar-refractivity contribution in [3.63, 3.8) is 0 Å². The van der Waals surface area contributed by atoms with Crippen LogP contribution in [0.2, 0.25) is 0 Å². The minimum Gasteiger partial charge on any atom is -0.479 e. The van der Waals surface area contributed by atoms with Crippen LogP contribution in [0, 0.1) is 11.3 Å². The summed E-state index contributed by atoms with van der Waals surface area (Å²) in [5.41, 5.74) is 1.80. The summed E-state index contributed by atoms with van der Waals surface area (Å²) in [7, 11) is 0. The van der Waals surface area contributed by atoms with Crippen molar-refractivity contribution in [2.75, 3.05) is 6.61 Å². The highest BCUT2D eigenvalue weighted by molar-refractivity contribution is 7.21. The van der Waals surface area contributed by atoms with Gasteiger partial charge in [0.05, 0.1) is 16.8 Å². The molecule has 0 aliphatic heterocycles. The van der Waals surface area contributed by atoms with Crippen molar-refractivity contribution in [2.45, 2.75) is 6.54 Å². The molecule has 148 valence electrons. The molecular formula is C23H17N3O3S. The van der Waals surface area contributed by atoms with Crippen molar-refractivity contribution < 1.29 is 13.9 Å². The van der Waals surface area contributed by atoms with Crippen molar-refractivity contribution >= 4 is 33.5 Å². The number of fused-ring (bicyclic) bond motifs is 1. The van der Waals surface area contributed by atoms with Gasteiger partial charge in [-0.2, -0.15) is 5.26 Å². The molecule has 0 aliphatic rings. The van der Waals surface area contributed by atoms with E-state index in [0.717, 1.165) is 20.8 Å². The summed E-state index contributed by atoms with van der Waals surface area (Å²) in [6.07, 6.45) is 3.17. The minimum absolute atomic E-state index is 0.00501. The molecule has 0 aliphatic carbocycles. The van der Waals surface area contributed by atoms with Gasteiger partial charge in [0.15, 0.2) is 17.4 Å². The maximum atomic E-state index is 12.1. The van der Waals surface area contributed by atoms with Crippen molar-refractivity contribution in [3.8, 4) is 22.6 Å². The van der Waals surface area contributed by atoms with E-state index in [9.17, 15) is 4.79 Å². The summed E-state index contributed by atoms with van der Waals surface area (Å²) in [6.45, 7) is 0.292. The number of benzene rings is 2. The van der Waals surface area contributed by atoms with Gasteiger partial charge >= 0.3 is 0 Å². The number of nitrogens with one attached hydrogen (secondary N) is 1. The number of hydrogen-bond donors (Lipinski definition) is 1. The topological polar surface area (TPSA) is 88.1 Å². The Hall–Kier alpha value is -3.89. The third kappa shape index (κ3) is 4.74. The summed E-state index contributed by atoms with van der Waals surface area (Å²) in [6, 6.07) is 20.7. The summed E-state index contributed by atoms with van der Waals surface area (Å²) in [4.78, 5) is 16.7. The average molecular weight is 415 g/mol. The molecule has 2 aromatic carbocycles. The third-order valence-corrected chi connectivity index (χ3v) is 5.26. The van der Waals surface area contributed by atoms with E-state index in [4.69, 9.17) is 14.4 Å². The van der Waals surface area contributed by atoms with Gasteiger partial charge in [0.25, 0.3) is 0 Å². The Morgan fingerprint density at radius 3 is 2.80 bits per heavy atom. The first-order valence-electron chi connectivity index (χ1n) is 9.21. The second-order valence-electron chi connectivity index (χ2n) is 6.32. The smallest absolute Gasteiger partial charge is 0.244 e. The second kappa shape index (κ2) is 9.07. The number of thiazole rings is 1. The number of hydrogen-bond acceptors (Lipinski definition) is 6. The fourth-order valence-corrected chi connectivity index (χ4v) is 3.69. The third-order valence-electron chi connectivity index (χ3n) is 4.21. The summed E-state index contributed by atoms with van der Waals surface area (Å²) in [5, 5.41) is 12.1. The molecule has 0 fully saturated rings. The fraction of sp³-hybridized carbons (Fsp3) is 0.0870. The summed E-state index contributed by atoms with van der Waals surface area (Å²) < 4.78 is 12.1. The molecule has 0 radical (unpaired) electrons. The van der Waals surface area contributed by atoms with E-state index in [0.29, 0.717) is 17.3 Å². The zero-order valence-electron chi connectivity index (χ0n) is 15.9. The number of nitrogens with zero attached hydrogens (tertiary/aromatic N) is 2. The molecule has 30 heavy (non-hydrogen) atoms. The molecule has 2 heterocycles. The molecule has 0 spiro atoms. The van der Waals surface area contributed by atoms with E-state index < -0.39 is 0 Å². The number of carbonyl (C=O) groups is 1. The van der Waals surface area contributed by atoms with E-state index in [2.05, 4.69) is 10.3 Å². The monoisotopic (exact) mass is 415 g/mol. The Labute approximate surface area is 177 Å². The van der Waals surface area contributed by atoms with Crippen LogP contribution in [0.4, 0.5) is 0 Å². The van der Waals surface area contributed by atoms with Crippen LogP contribution < -0.4 is 10.1 Å². The van der Waals surface area contributed by atoms with Crippen molar-refractivity contribution in [3.05, 3.63) is 78.1 Å². The van der Waals surface area contributed by atoms with Gasteiger partial charge in [-0.05, 0) is 48.0 Å². The lowest BCUT2D eigenvalue weighted by Crippen LogP contribution is -2.19. The molecule has 0 saturated carbocycles. The number of carbonyl (C=O) groups excluding carboxylic acids is 1. The number of amides is 1. The zero-order valence-corrected chi connectivity index (χ0v) is 16.7. The predicted octanol–water partition coefficient (Wildman–Crippen LogP) is 4.79. The molecule has 0 bridgehead atoms. The number of furan rings is 1. The maximum Gasteiger partial charge on any atom is 0.244 e. The lowest BCUT2D eigenvalue weighted by molar-refractivity contribution is -0.116. The molecule has 1 N–H and O–H groups in total. The van der Waals surface area contributed by atoms with E-state index in [1.807, 2.05) is 54.6 Å². The zero-order chi connectivity index (χ0) is 20.8. The average Bonchev–Trinajstić information content (AvgIpc) is 3.42. The van der Waals surface area contributed by atoms with Crippen molar-refractivity contribution in [2.24, 2.45) is 0 Å². The predicted molar refractivity (Wildman–Crippen MR) is 116 cm³/mol. The van der Waals surface area contributed by atoms with Crippen LogP contribution in [0.3, 0.4) is 0 Å². The highest BCUT2D eigenvalue weighted by atomic mass is 32.1. The highest BCUT2D eigenvalue weighted by Gasteiger charge is 2.10. The first-order chi connectivity index (χ1) is 14.7. The normalized spacial score (nSPS) is 10.9. The fourth-order valence-electron chi connectivity index (χ4n) is 2.76. The SMILES string of the molecule is N#CCOc1ccc(/C=C/C(=O)NCc2ccc(-c3nc4ccccc4s3)o2)cc1. The molecule has 4 aromatic rings. The summed E-state index contributed by atoms with van der Waals surface area (Å²) >= 11 is 1.57. The molecule has 4 rings (SSSR count). The molecule has 0 atom stereocenters. The van der Waals surface area contributed by atoms with Gasteiger partial charge in [0, 0.05) is 6.08 Å². The van der Waals surface area contributed by atoms with E-state index in [1.165, 1.54) is 6.08 Å². The summed E-state index contributed by atoms with van der Waals surface area (Å²) in [5.74, 6) is 1.73. The van der Waals surface area contributed by atoms with Crippen molar-refractivity contribution in [1.29, 1.82) is 5.26 Å². The van der Waals surface area contributed by atoms with Crippen LogP contribution in [0.5, 0.6) is 5.75 Å². The van der Waals surface area contributed by atoms with E-state index >= 15 is 0 Å². The van der Waals surface area contributed by atoms with Crippen LogP contribution >= 0.6 is 11.3 Å². The number of nitriles is 1. The van der Waals surface area contributed by atoms with E-state index in [-0.39, 0.29) is 19.1 Å². The first kappa shape index (κ1) is 19.4. The lowest BCUT2D eigenvalue weighted by Gasteiger charge is -2.01. The molecule has 0 unspecified atom stereocenters. The first-order valence-corrected chi connectivity index (χ1v) is 10.0. The standard InChI is InChI=1S/C23H17N3O3S/c24-13-14-28-17-8-5-16(6-9-17)7-12-22(27)25-15-18-10-11-20(29-18)23-26-19-3-1-2-4-21(19)30-23/h1-12H,14-15H2,(H,25,27)/b12-7+. The largest absolute Gasteiger partial charge is 0.479 e.